The first-order valence-corrected chi connectivity index (χ1v) is 10.1. The predicted octanol–water partition coefficient (Wildman–Crippen LogP) is 2.11. The molecule has 0 aliphatic carbocycles. The Kier molecular flexibility index (Phi) is 5.16. The van der Waals surface area contributed by atoms with Crippen LogP contribution >= 0.6 is 0 Å². The predicted molar refractivity (Wildman–Crippen MR) is 110 cm³/mol. The van der Waals surface area contributed by atoms with Gasteiger partial charge < -0.3 is 9.64 Å². The standard InChI is InChI=1S/C21H24FN5O4/c1-5-31-16(28)10-11-25-19(29)17-18(24(4)21(25)30)23-20-26(12(2)13(3)27(17)20)15-8-6-14(22)7-9-15/h6-9,17-18H,5,10-11H2,1-4H3. The second kappa shape index (κ2) is 7.68. The molecule has 0 spiro atoms. The summed E-state index contributed by atoms with van der Waals surface area (Å²) in [5.41, 5.74) is 2.38. The number of halogens is 1. The van der Waals surface area contributed by atoms with Crippen molar-refractivity contribution in [1.82, 2.24) is 14.7 Å². The monoisotopic (exact) mass is 429 g/mol. The molecule has 164 valence electrons. The van der Waals surface area contributed by atoms with Gasteiger partial charge in [0.1, 0.15) is 5.82 Å². The molecule has 2 unspecified atom stereocenters. The van der Waals surface area contributed by atoms with E-state index in [-0.39, 0.29) is 25.4 Å². The van der Waals surface area contributed by atoms with E-state index in [2.05, 4.69) is 0 Å². The summed E-state index contributed by atoms with van der Waals surface area (Å²) >= 11 is 0. The lowest BCUT2D eigenvalue weighted by Gasteiger charge is -2.40. The van der Waals surface area contributed by atoms with Gasteiger partial charge in [0.05, 0.1) is 13.0 Å². The number of amides is 3. The number of ether oxygens (including phenoxy) is 1. The second-order valence-corrected chi connectivity index (χ2v) is 7.58. The number of carbonyl (C=O) groups excluding carboxylic acids is 3. The number of aliphatic imine (C=N–C) groups is 1. The Morgan fingerprint density at radius 1 is 1.16 bits per heavy atom. The number of guanidine groups is 1. The van der Waals surface area contributed by atoms with Crippen molar-refractivity contribution in [2.24, 2.45) is 4.99 Å². The molecule has 2 atom stereocenters. The highest BCUT2D eigenvalue weighted by atomic mass is 19.1. The fourth-order valence-corrected chi connectivity index (χ4v) is 4.15. The first kappa shape index (κ1) is 20.8. The molecule has 9 nitrogen and oxygen atoms in total. The van der Waals surface area contributed by atoms with Crippen molar-refractivity contribution in [2.75, 3.05) is 25.1 Å². The van der Waals surface area contributed by atoms with E-state index >= 15 is 0 Å². The maximum atomic E-state index is 13.4. The second-order valence-electron chi connectivity index (χ2n) is 7.58. The van der Waals surface area contributed by atoms with Crippen molar-refractivity contribution in [3.05, 3.63) is 41.5 Å². The number of carbonyl (C=O) groups is 3. The Hall–Kier alpha value is -3.43. The van der Waals surface area contributed by atoms with E-state index in [1.165, 1.54) is 17.0 Å². The third kappa shape index (κ3) is 3.22. The molecule has 0 bridgehead atoms. The zero-order valence-corrected chi connectivity index (χ0v) is 17.8. The number of esters is 1. The summed E-state index contributed by atoms with van der Waals surface area (Å²) in [5.74, 6) is -0.717. The number of imide groups is 1. The fraction of sp³-hybridized carbons (Fsp3) is 0.429. The molecule has 0 radical (unpaired) electrons. The molecule has 0 N–H and O–H groups in total. The van der Waals surface area contributed by atoms with Crippen LogP contribution in [0, 0.1) is 5.82 Å². The summed E-state index contributed by atoms with van der Waals surface area (Å²) in [6.45, 7) is 5.65. The van der Waals surface area contributed by atoms with Crippen LogP contribution in [0.1, 0.15) is 27.2 Å². The van der Waals surface area contributed by atoms with Crippen LogP contribution in [0.4, 0.5) is 14.9 Å². The average molecular weight is 429 g/mol. The summed E-state index contributed by atoms with van der Waals surface area (Å²) in [5, 5.41) is 0. The zero-order chi connectivity index (χ0) is 22.4. The van der Waals surface area contributed by atoms with Crippen LogP contribution in [-0.4, -0.2) is 71.0 Å². The summed E-state index contributed by atoms with van der Waals surface area (Å²) in [6.07, 6.45) is -0.764. The number of fused-ring (bicyclic) bond motifs is 3. The number of likely N-dealkylation sites (N-methyl/N-ethyl adjacent to an activating group) is 1. The molecule has 4 rings (SSSR count). The van der Waals surface area contributed by atoms with Crippen LogP contribution in [0.15, 0.2) is 40.7 Å². The average Bonchev–Trinajstić information content (AvgIpc) is 3.23. The summed E-state index contributed by atoms with van der Waals surface area (Å²) in [7, 11) is 1.59. The Labute approximate surface area is 179 Å². The van der Waals surface area contributed by atoms with Crippen molar-refractivity contribution >= 4 is 29.6 Å². The molecule has 1 fully saturated rings. The molecule has 3 amide bonds. The van der Waals surface area contributed by atoms with Crippen LogP contribution in [0.2, 0.25) is 0 Å². The lowest BCUT2D eigenvalue weighted by Crippen LogP contribution is -2.64. The minimum Gasteiger partial charge on any atom is -0.466 e. The van der Waals surface area contributed by atoms with E-state index in [4.69, 9.17) is 9.73 Å². The number of hydrogen-bond donors (Lipinski definition) is 0. The van der Waals surface area contributed by atoms with Gasteiger partial charge in [0, 0.05) is 30.7 Å². The van der Waals surface area contributed by atoms with Gasteiger partial charge in [-0.15, -0.1) is 0 Å². The van der Waals surface area contributed by atoms with E-state index in [0.29, 0.717) is 11.6 Å². The molecule has 1 aromatic rings. The minimum atomic E-state index is -0.736. The van der Waals surface area contributed by atoms with Crippen LogP contribution in [0.25, 0.3) is 0 Å². The Morgan fingerprint density at radius 2 is 1.84 bits per heavy atom. The van der Waals surface area contributed by atoms with Crippen molar-refractivity contribution < 1.29 is 23.5 Å². The Balaban J connectivity index is 1.65. The number of benzene rings is 1. The van der Waals surface area contributed by atoms with E-state index in [0.717, 1.165) is 16.3 Å². The highest BCUT2D eigenvalue weighted by Crippen LogP contribution is 2.39. The number of rotatable bonds is 5. The number of hydrogen-bond acceptors (Lipinski definition) is 7. The first-order chi connectivity index (χ1) is 14.8. The smallest absolute Gasteiger partial charge is 0.328 e. The normalized spacial score (nSPS) is 22.8. The van der Waals surface area contributed by atoms with E-state index in [9.17, 15) is 18.8 Å². The number of allylic oxidation sites excluding steroid dienone is 2. The summed E-state index contributed by atoms with van der Waals surface area (Å²) in [6, 6.07) is 4.76. The van der Waals surface area contributed by atoms with Crippen molar-refractivity contribution in [1.29, 1.82) is 0 Å². The van der Waals surface area contributed by atoms with Crippen molar-refractivity contribution in [2.45, 2.75) is 39.4 Å². The lowest BCUT2D eigenvalue weighted by molar-refractivity contribution is -0.144. The lowest BCUT2D eigenvalue weighted by atomic mass is 10.1. The Morgan fingerprint density at radius 3 is 2.48 bits per heavy atom. The highest BCUT2D eigenvalue weighted by molar-refractivity contribution is 6.10. The number of nitrogens with zero attached hydrogens (tertiary/aromatic N) is 5. The molecule has 0 saturated carbocycles. The van der Waals surface area contributed by atoms with Crippen molar-refractivity contribution in [3.8, 4) is 0 Å². The van der Waals surface area contributed by atoms with Gasteiger partial charge in [-0.05, 0) is 45.0 Å². The largest absolute Gasteiger partial charge is 0.466 e. The van der Waals surface area contributed by atoms with Crippen LogP contribution < -0.4 is 4.90 Å². The van der Waals surface area contributed by atoms with Gasteiger partial charge in [-0.3, -0.25) is 24.3 Å². The van der Waals surface area contributed by atoms with Gasteiger partial charge in [-0.25, -0.2) is 14.2 Å². The van der Waals surface area contributed by atoms with Gasteiger partial charge in [-0.2, -0.15) is 0 Å². The third-order valence-corrected chi connectivity index (χ3v) is 5.82. The van der Waals surface area contributed by atoms with Crippen LogP contribution in [-0.2, 0) is 14.3 Å². The molecule has 3 aliphatic heterocycles. The first-order valence-electron chi connectivity index (χ1n) is 10.1. The minimum absolute atomic E-state index is 0.0589. The van der Waals surface area contributed by atoms with Gasteiger partial charge in [-0.1, -0.05) is 0 Å². The maximum Gasteiger partial charge on any atom is 0.328 e. The van der Waals surface area contributed by atoms with Gasteiger partial charge in [0.2, 0.25) is 5.96 Å². The zero-order valence-electron chi connectivity index (χ0n) is 17.8. The quantitative estimate of drug-likeness (QED) is 0.667. The third-order valence-electron chi connectivity index (χ3n) is 5.82. The topological polar surface area (TPSA) is 85.8 Å². The van der Waals surface area contributed by atoms with Gasteiger partial charge in [0.15, 0.2) is 12.2 Å². The molecular formula is C21H24FN5O4. The van der Waals surface area contributed by atoms with E-state index in [1.807, 2.05) is 23.6 Å². The van der Waals surface area contributed by atoms with Crippen molar-refractivity contribution in [3.63, 3.8) is 0 Å². The number of anilines is 1. The Bertz CT molecular complexity index is 1010. The molecule has 1 saturated heterocycles. The molecule has 3 aliphatic rings. The highest BCUT2D eigenvalue weighted by Gasteiger charge is 2.55. The van der Waals surface area contributed by atoms with Gasteiger partial charge >= 0.3 is 12.0 Å². The molecule has 0 aromatic heterocycles. The van der Waals surface area contributed by atoms with Crippen LogP contribution in [0.3, 0.4) is 0 Å². The molecule has 1 aromatic carbocycles. The van der Waals surface area contributed by atoms with E-state index in [1.54, 1.807) is 26.1 Å². The SMILES string of the molecule is CCOC(=O)CCN1C(=O)C2C(N=C3N(c4ccc(F)cc4)C(C)=C(C)N32)N(C)C1=O. The summed E-state index contributed by atoms with van der Waals surface area (Å²) in [4.78, 5) is 48.8. The van der Waals surface area contributed by atoms with Gasteiger partial charge in [0.25, 0.3) is 5.91 Å². The number of urea groups is 1. The molecule has 3 heterocycles. The fourth-order valence-electron chi connectivity index (χ4n) is 4.15. The molecular weight excluding hydrogens is 405 g/mol. The molecule has 31 heavy (non-hydrogen) atoms. The maximum absolute atomic E-state index is 13.4. The summed E-state index contributed by atoms with van der Waals surface area (Å²) < 4.78 is 18.3. The van der Waals surface area contributed by atoms with Crippen LogP contribution in [0.5, 0.6) is 0 Å². The molecule has 10 heteroatoms. The van der Waals surface area contributed by atoms with E-state index < -0.39 is 30.1 Å².